The summed E-state index contributed by atoms with van der Waals surface area (Å²) in [7, 11) is 3.43. The van der Waals surface area contributed by atoms with E-state index in [0.717, 1.165) is 5.56 Å². The van der Waals surface area contributed by atoms with Gasteiger partial charge in [-0.1, -0.05) is 11.6 Å². The molecule has 0 bridgehead atoms. The largest absolute Gasteiger partial charge is 0.346 e. The van der Waals surface area contributed by atoms with Crippen LogP contribution >= 0.6 is 11.6 Å². The fourth-order valence-electron chi connectivity index (χ4n) is 2.54. The first-order chi connectivity index (χ1) is 12.8. The van der Waals surface area contributed by atoms with Crippen molar-refractivity contribution in [1.82, 2.24) is 34.7 Å². The minimum Gasteiger partial charge on any atom is -0.346 e. The lowest BCUT2D eigenvalue weighted by molar-refractivity contribution is -0.116. The maximum Gasteiger partial charge on any atom is 0.271 e. The van der Waals surface area contributed by atoms with Crippen molar-refractivity contribution in [2.75, 3.05) is 5.32 Å². The molecule has 0 aliphatic rings. The van der Waals surface area contributed by atoms with Crippen LogP contribution in [0, 0.1) is 6.92 Å². The lowest BCUT2D eigenvalue weighted by Crippen LogP contribution is -2.27. The lowest BCUT2D eigenvalue weighted by Gasteiger charge is -2.08. The summed E-state index contributed by atoms with van der Waals surface area (Å²) < 4.78 is 4.50. The van der Waals surface area contributed by atoms with Gasteiger partial charge in [-0.2, -0.15) is 15.3 Å². The van der Waals surface area contributed by atoms with E-state index in [1.807, 2.05) is 6.20 Å². The molecular formula is C16H19ClN8O2. The molecule has 0 spiro atoms. The molecule has 2 N–H and O–H groups in total. The van der Waals surface area contributed by atoms with Crippen molar-refractivity contribution in [3.05, 3.63) is 46.8 Å². The predicted octanol–water partition coefficient (Wildman–Crippen LogP) is 0.881. The van der Waals surface area contributed by atoms with Gasteiger partial charge in [-0.25, -0.2) is 0 Å². The molecular weight excluding hydrogens is 372 g/mol. The molecule has 0 radical (unpaired) electrons. The van der Waals surface area contributed by atoms with Crippen LogP contribution in [0.1, 0.15) is 21.7 Å². The Labute approximate surface area is 160 Å². The number of amides is 2. The number of nitrogens with zero attached hydrogens (tertiary/aromatic N) is 6. The summed E-state index contributed by atoms with van der Waals surface area (Å²) in [6.07, 6.45) is 6.48. The summed E-state index contributed by atoms with van der Waals surface area (Å²) in [6.45, 7) is 2.04. The SMILES string of the molecule is Cc1nn(CC(=O)Nc2cnn(C)c2C(=O)NCc2cnn(C)c2)cc1Cl. The van der Waals surface area contributed by atoms with Gasteiger partial charge in [-0.05, 0) is 6.92 Å². The van der Waals surface area contributed by atoms with E-state index in [4.69, 9.17) is 11.6 Å². The van der Waals surface area contributed by atoms with Gasteiger partial charge in [0.05, 0.1) is 28.8 Å². The standard InChI is InChI=1S/C16H19ClN8O2/c1-10-12(17)8-25(22-10)9-14(26)21-13-6-20-24(3)15(13)16(27)18-4-11-5-19-23(2)7-11/h5-8H,4,9H2,1-3H3,(H,18,27)(H,21,26). The quantitative estimate of drug-likeness (QED) is 0.649. The van der Waals surface area contributed by atoms with Crippen molar-refractivity contribution in [3.63, 3.8) is 0 Å². The topological polar surface area (TPSA) is 112 Å². The van der Waals surface area contributed by atoms with Gasteiger partial charge >= 0.3 is 0 Å². The number of hydrogen-bond donors (Lipinski definition) is 2. The number of anilines is 1. The molecule has 0 aliphatic heterocycles. The van der Waals surface area contributed by atoms with Gasteiger partial charge in [0.2, 0.25) is 5.91 Å². The average Bonchev–Trinajstić information content (AvgIpc) is 3.26. The predicted molar refractivity (Wildman–Crippen MR) is 98.2 cm³/mol. The first-order valence-corrected chi connectivity index (χ1v) is 8.48. The van der Waals surface area contributed by atoms with Crippen LogP contribution in [-0.2, 0) is 32.0 Å². The van der Waals surface area contributed by atoms with Crippen LogP contribution < -0.4 is 10.6 Å². The number of rotatable bonds is 6. The number of nitrogens with one attached hydrogen (secondary N) is 2. The molecule has 0 fully saturated rings. The first-order valence-electron chi connectivity index (χ1n) is 8.10. The van der Waals surface area contributed by atoms with Crippen molar-refractivity contribution in [3.8, 4) is 0 Å². The van der Waals surface area contributed by atoms with Crippen LogP contribution in [0.5, 0.6) is 0 Å². The summed E-state index contributed by atoms with van der Waals surface area (Å²) in [4.78, 5) is 24.8. The average molecular weight is 391 g/mol. The van der Waals surface area contributed by atoms with E-state index in [9.17, 15) is 9.59 Å². The molecule has 0 atom stereocenters. The van der Waals surface area contributed by atoms with Crippen LogP contribution in [0.15, 0.2) is 24.8 Å². The summed E-state index contributed by atoms with van der Waals surface area (Å²) in [5.74, 6) is -0.699. The Kier molecular flexibility index (Phi) is 5.26. The summed E-state index contributed by atoms with van der Waals surface area (Å²) in [6, 6.07) is 0. The summed E-state index contributed by atoms with van der Waals surface area (Å²) in [5, 5.41) is 18.2. The minimum absolute atomic E-state index is 0.0286. The molecule has 0 saturated carbocycles. The molecule has 3 rings (SSSR count). The first kappa shape index (κ1) is 18.6. The highest BCUT2D eigenvalue weighted by molar-refractivity contribution is 6.31. The number of aryl methyl sites for hydroxylation is 3. The van der Waals surface area contributed by atoms with Gasteiger partial charge in [0, 0.05) is 38.6 Å². The normalized spacial score (nSPS) is 10.8. The molecule has 2 amide bonds. The maximum absolute atomic E-state index is 12.5. The Balaban J connectivity index is 1.66. The van der Waals surface area contributed by atoms with Crippen molar-refractivity contribution in [2.45, 2.75) is 20.0 Å². The molecule has 27 heavy (non-hydrogen) atoms. The van der Waals surface area contributed by atoms with Gasteiger partial charge in [-0.3, -0.25) is 23.6 Å². The zero-order valence-corrected chi connectivity index (χ0v) is 15.9. The molecule has 0 aliphatic carbocycles. The number of hydrogen-bond acceptors (Lipinski definition) is 5. The zero-order chi connectivity index (χ0) is 19.6. The van der Waals surface area contributed by atoms with Gasteiger partial charge in [0.25, 0.3) is 5.91 Å². The molecule has 3 heterocycles. The Bertz CT molecular complexity index is 967. The van der Waals surface area contributed by atoms with Crippen molar-refractivity contribution in [1.29, 1.82) is 0 Å². The highest BCUT2D eigenvalue weighted by atomic mass is 35.5. The number of aromatic nitrogens is 6. The smallest absolute Gasteiger partial charge is 0.271 e. The second-order valence-electron chi connectivity index (χ2n) is 6.04. The van der Waals surface area contributed by atoms with Crippen LogP contribution in [-0.4, -0.2) is 41.2 Å². The van der Waals surface area contributed by atoms with E-state index in [0.29, 0.717) is 22.9 Å². The molecule has 10 nitrogen and oxygen atoms in total. The van der Waals surface area contributed by atoms with E-state index in [2.05, 4.69) is 25.9 Å². The lowest BCUT2D eigenvalue weighted by atomic mass is 10.3. The Hall–Kier alpha value is -3.14. The molecule has 3 aromatic rings. The zero-order valence-electron chi connectivity index (χ0n) is 15.1. The highest BCUT2D eigenvalue weighted by Crippen LogP contribution is 2.15. The highest BCUT2D eigenvalue weighted by Gasteiger charge is 2.19. The monoisotopic (exact) mass is 390 g/mol. The van der Waals surface area contributed by atoms with Crippen LogP contribution in [0.3, 0.4) is 0 Å². The van der Waals surface area contributed by atoms with Gasteiger partial charge in [-0.15, -0.1) is 0 Å². The third-order valence-electron chi connectivity index (χ3n) is 3.83. The van der Waals surface area contributed by atoms with E-state index in [-0.39, 0.29) is 24.1 Å². The summed E-state index contributed by atoms with van der Waals surface area (Å²) >= 11 is 5.94. The Morgan fingerprint density at radius 3 is 2.59 bits per heavy atom. The van der Waals surface area contributed by atoms with E-state index < -0.39 is 0 Å². The molecule has 11 heteroatoms. The molecule has 0 saturated heterocycles. The summed E-state index contributed by atoms with van der Waals surface area (Å²) in [5.41, 5.74) is 2.08. The van der Waals surface area contributed by atoms with Crippen molar-refractivity contribution < 1.29 is 9.59 Å². The van der Waals surface area contributed by atoms with Crippen LogP contribution in [0.2, 0.25) is 5.02 Å². The molecule has 0 unspecified atom stereocenters. The Morgan fingerprint density at radius 2 is 1.96 bits per heavy atom. The number of carbonyl (C=O) groups excluding carboxylic acids is 2. The third-order valence-corrected chi connectivity index (χ3v) is 4.20. The van der Waals surface area contributed by atoms with E-state index in [1.54, 1.807) is 38.1 Å². The van der Waals surface area contributed by atoms with E-state index in [1.165, 1.54) is 15.6 Å². The van der Waals surface area contributed by atoms with Crippen molar-refractivity contribution in [2.24, 2.45) is 14.1 Å². The minimum atomic E-state index is -0.355. The van der Waals surface area contributed by atoms with Gasteiger partial charge < -0.3 is 10.6 Å². The molecule has 0 aromatic carbocycles. The fourth-order valence-corrected chi connectivity index (χ4v) is 2.69. The number of halogens is 1. The maximum atomic E-state index is 12.5. The third kappa shape index (κ3) is 4.34. The van der Waals surface area contributed by atoms with Gasteiger partial charge in [0.15, 0.2) is 0 Å². The molecule has 142 valence electrons. The second-order valence-corrected chi connectivity index (χ2v) is 6.45. The molecule has 3 aromatic heterocycles. The van der Waals surface area contributed by atoms with Crippen molar-refractivity contribution >= 4 is 29.1 Å². The Morgan fingerprint density at radius 1 is 1.19 bits per heavy atom. The van der Waals surface area contributed by atoms with E-state index >= 15 is 0 Å². The van der Waals surface area contributed by atoms with Crippen LogP contribution in [0.25, 0.3) is 0 Å². The fraction of sp³-hybridized carbons (Fsp3) is 0.312. The number of carbonyl (C=O) groups is 2. The van der Waals surface area contributed by atoms with Gasteiger partial charge in [0.1, 0.15) is 12.2 Å². The van der Waals surface area contributed by atoms with Crippen LogP contribution in [0.4, 0.5) is 5.69 Å². The second kappa shape index (κ2) is 7.62.